The number of anilines is 1. The SMILES string of the molecule is COC(=O)Cc1cc(=O)n2[nH]c(NCc3ccc(C)cc3)nc2n1. The molecule has 0 aliphatic rings. The Morgan fingerprint density at radius 1 is 1.29 bits per heavy atom. The van der Waals surface area contributed by atoms with Gasteiger partial charge in [-0.15, -0.1) is 0 Å². The standard InChI is InChI=1S/C16H17N5O3/c1-10-3-5-11(6-4-10)9-17-15-19-16-18-12(8-14(23)24-2)7-13(22)21(16)20-15/h3-7H,8-9H2,1-2H3,(H2,17,18,19,20). The number of fused-ring (bicyclic) bond motifs is 1. The summed E-state index contributed by atoms with van der Waals surface area (Å²) in [4.78, 5) is 31.8. The smallest absolute Gasteiger partial charge is 0.311 e. The van der Waals surface area contributed by atoms with E-state index < -0.39 is 5.97 Å². The molecule has 0 bridgehead atoms. The fourth-order valence-electron chi connectivity index (χ4n) is 2.21. The molecule has 0 radical (unpaired) electrons. The number of hydrogen-bond donors (Lipinski definition) is 2. The van der Waals surface area contributed by atoms with Crippen LogP contribution in [0.4, 0.5) is 5.95 Å². The Morgan fingerprint density at radius 2 is 2.04 bits per heavy atom. The molecule has 1 aromatic carbocycles. The van der Waals surface area contributed by atoms with Gasteiger partial charge in [-0.05, 0) is 12.5 Å². The first kappa shape index (κ1) is 15.7. The van der Waals surface area contributed by atoms with Crippen molar-refractivity contribution in [1.29, 1.82) is 0 Å². The second kappa shape index (κ2) is 6.53. The summed E-state index contributed by atoms with van der Waals surface area (Å²) in [7, 11) is 1.29. The predicted molar refractivity (Wildman–Crippen MR) is 87.8 cm³/mol. The average molecular weight is 327 g/mol. The number of hydrogen-bond acceptors (Lipinski definition) is 6. The molecular formula is C16H17N5O3. The summed E-state index contributed by atoms with van der Waals surface area (Å²) in [6.45, 7) is 2.59. The Kier molecular flexibility index (Phi) is 4.28. The molecule has 8 heteroatoms. The van der Waals surface area contributed by atoms with Crippen LogP contribution in [0.25, 0.3) is 5.78 Å². The van der Waals surface area contributed by atoms with E-state index in [0.29, 0.717) is 18.2 Å². The van der Waals surface area contributed by atoms with Crippen LogP contribution >= 0.6 is 0 Å². The quantitative estimate of drug-likeness (QED) is 0.679. The highest BCUT2D eigenvalue weighted by molar-refractivity contribution is 5.71. The number of esters is 1. The van der Waals surface area contributed by atoms with E-state index in [-0.39, 0.29) is 17.8 Å². The Balaban J connectivity index is 1.80. The fraction of sp³-hybridized carbons (Fsp3) is 0.250. The number of carbonyl (C=O) groups excluding carboxylic acids is 1. The molecule has 0 amide bonds. The van der Waals surface area contributed by atoms with E-state index in [4.69, 9.17) is 0 Å². The van der Waals surface area contributed by atoms with E-state index in [1.54, 1.807) is 0 Å². The number of aromatic amines is 1. The van der Waals surface area contributed by atoms with Gasteiger partial charge in [-0.1, -0.05) is 29.8 Å². The Bertz CT molecular complexity index is 927. The summed E-state index contributed by atoms with van der Waals surface area (Å²) in [6, 6.07) is 9.38. The van der Waals surface area contributed by atoms with Crippen molar-refractivity contribution in [3.63, 3.8) is 0 Å². The molecule has 8 nitrogen and oxygen atoms in total. The van der Waals surface area contributed by atoms with Gasteiger partial charge < -0.3 is 10.1 Å². The second-order valence-electron chi connectivity index (χ2n) is 5.39. The minimum Gasteiger partial charge on any atom is -0.469 e. The zero-order valence-electron chi connectivity index (χ0n) is 13.4. The maximum Gasteiger partial charge on any atom is 0.311 e. The number of nitrogens with one attached hydrogen (secondary N) is 2. The highest BCUT2D eigenvalue weighted by atomic mass is 16.5. The summed E-state index contributed by atoms with van der Waals surface area (Å²) in [5, 5.41) is 5.95. The lowest BCUT2D eigenvalue weighted by molar-refractivity contribution is -0.139. The first-order valence-electron chi connectivity index (χ1n) is 7.40. The monoisotopic (exact) mass is 327 g/mol. The number of aryl methyl sites for hydroxylation is 1. The lowest BCUT2D eigenvalue weighted by Crippen LogP contribution is -2.17. The Hall–Kier alpha value is -3.16. The molecule has 24 heavy (non-hydrogen) atoms. The van der Waals surface area contributed by atoms with Gasteiger partial charge >= 0.3 is 5.97 Å². The average Bonchev–Trinajstić information content (AvgIpc) is 2.98. The number of aromatic nitrogens is 4. The largest absolute Gasteiger partial charge is 0.469 e. The van der Waals surface area contributed by atoms with Gasteiger partial charge in [-0.25, -0.2) is 4.98 Å². The van der Waals surface area contributed by atoms with Crippen molar-refractivity contribution in [2.75, 3.05) is 12.4 Å². The van der Waals surface area contributed by atoms with E-state index in [1.807, 2.05) is 31.2 Å². The number of H-pyrrole nitrogens is 1. The van der Waals surface area contributed by atoms with Gasteiger partial charge in [-0.2, -0.15) is 9.50 Å². The maximum absolute atomic E-state index is 12.1. The van der Waals surface area contributed by atoms with Crippen molar-refractivity contribution in [1.82, 2.24) is 19.6 Å². The van der Waals surface area contributed by atoms with Gasteiger partial charge in [0.1, 0.15) is 0 Å². The van der Waals surface area contributed by atoms with Gasteiger partial charge in [0.25, 0.3) is 11.3 Å². The zero-order chi connectivity index (χ0) is 17.1. The van der Waals surface area contributed by atoms with Gasteiger partial charge in [0, 0.05) is 12.6 Å². The molecule has 2 N–H and O–H groups in total. The molecule has 124 valence electrons. The predicted octanol–water partition coefficient (Wildman–Crippen LogP) is 1.05. The molecule has 3 aromatic rings. The van der Waals surface area contributed by atoms with Gasteiger partial charge in [0.05, 0.1) is 19.2 Å². The summed E-state index contributed by atoms with van der Waals surface area (Å²) >= 11 is 0. The lowest BCUT2D eigenvalue weighted by Gasteiger charge is -2.02. The molecule has 0 spiro atoms. The molecule has 0 saturated carbocycles. The van der Waals surface area contributed by atoms with Crippen LogP contribution in [0.2, 0.25) is 0 Å². The van der Waals surface area contributed by atoms with Crippen molar-refractivity contribution >= 4 is 17.7 Å². The van der Waals surface area contributed by atoms with Crippen LogP contribution < -0.4 is 10.9 Å². The second-order valence-corrected chi connectivity index (χ2v) is 5.39. The van der Waals surface area contributed by atoms with Gasteiger partial charge in [0.15, 0.2) is 0 Å². The van der Waals surface area contributed by atoms with Crippen molar-refractivity contribution in [3.05, 3.63) is 57.5 Å². The van der Waals surface area contributed by atoms with Crippen LogP contribution in [0.3, 0.4) is 0 Å². The third kappa shape index (κ3) is 3.43. The summed E-state index contributed by atoms with van der Waals surface area (Å²) in [5.41, 5.74) is 2.27. The third-order valence-electron chi connectivity index (χ3n) is 3.52. The number of methoxy groups -OCH3 is 1. The molecule has 2 aromatic heterocycles. The van der Waals surface area contributed by atoms with Crippen LogP contribution in [-0.4, -0.2) is 32.7 Å². The molecule has 3 rings (SSSR count). The van der Waals surface area contributed by atoms with Crippen LogP contribution in [0, 0.1) is 6.92 Å². The van der Waals surface area contributed by atoms with Crippen LogP contribution in [-0.2, 0) is 22.5 Å². The maximum atomic E-state index is 12.1. The molecule has 0 fully saturated rings. The van der Waals surface area contributed by atoms with Crippen molar-refractivity contribution in [2.24, 2.45) is 0 Å². The van der Waals surface area contributed by atoms with E-state index in [9.17, 15) is 9.59 Å². The van der Waals surface area contributed by atoms with E-state index in [0.717, 1.165) is 5.56 Å². The first-order valence-corrected chi connectivity index (χ1v) is 7.40. The Morgan fingerprint density at radius 3 is 2.75 bits per heavy atom. The molecule has 0 aliphatic carbocycles. The summed E-state index contributed by atoms with van der Waals surface area (Å²) < 4.78 is 5.80. The highest BCUT2D eigenvalue weighted by Crippen LogP contribution is 2.07. The van der Waals surface area contributed by atoms with Crippen molar-refractivity contribution in [3.8, 4) is 0 Å². The fourth-order valence-corrected chi connectivity index (χ4v) is 2.21. The number of ether oxygens (including phenoxy) is 1. The molecular weight excluding hydrogens is 310 g/mol. The number of carbonyl (C=O) groups is 1. The van der Waals surface area contributed by atoms with E-state index >= 15 is 0 Å². The number of rotatable bonds is 5. The van der Waals surface area contributed by atoms with Crippen molar-refractivity contribution in [2.45, 2.75) is 19.9 Å². The summed E-state index contributed by atoms with van der Waals surface area (Å²) in [6.07, 6.45) is -0.0682. The van der Waals surface area contributed by atoms with Crippen LogP contribution in [0.5, 0.6) is 0 Å². The molecule has 0 atom stereocenters. The van der Waals surface area contributed by atoms with Crippen LogP contribution in [0.1, 0.15) is 16.8 Å². The zero-order valence-corrected chi connectivity index (χ0v) is 13.4. The normalized spacial score (nSPS) is 10.8. The lowest BCUT2D eigenvalue weighted by atomic mass is 10.1. The molecule has 0 unspecified atom stereocenters. The topological polar surface area (TPSA) is 101 Å². The Labute approximate surface area is 137 Å². The van der Waals surface area contributed by atoms with Crippen LogP contribution in [0.15, 0.2) is 35.1 Å². The van der Waals surface area contributed by atoms with E-state index in [2.05, 4.69) is 25.1 Å². The summed E-state index contributed by atoms with van der Waals surface area (Å²) in [5.74, 6) is 0.169. The molecule has 0 aliphatic heterocycles. The van der Waals surface area contributed by atoms with Gasteiger partial charge in [-0.3, -0.25) is 14.7 Å². The highest BCUT2D eigenvalue weighted by Gasteiger charge is 2.11. The number of nitrogens with zero attached hydrogens (tertiary/aromatic N) is 3. The van der Waals surface area contributed by atoms with E-state index in [1.165, 1.54) is 23.3 Å². The molecule has 2 heterocycles. The minimum atomic E-state index is -0.459. The number of benzene rings is 1. The molecule has 0 saturated heterocycles. The van der Waals surface area contributed by atoms with Gasteiger partial charge in [0.2, 0.25) is 5.95 Å². The van der Waals surface area contributed by atoms with Crippen molar-refractivity contribution < 1.29 is 9.53 Å². The minimum absolute atomic E-state index is 0.0682. The first-order chi connectivity index (χ1) is 11.5. The third-order valence-corrected chi connectivity index (χ3v) is 3.52.